The molecule has 2 nitrogen and oxygen atoms in total. The van der Waals surface area contributed by atoms with Gasteiger partial charge in [0, 0.05) is 12.1 Å². The molecule has 0 aliphatic rings. The highest BCUT2D eigenvalue weighted by Crippen LogP contribution is 2.22. The zero-order chi connectivity index (χ0) is 17.2. The number of nitrogens with one attached hydrogen (secondary N) is 1. The maximum absolute atomic E-state index is 13.8. The van der Waals surface area contributed by atoms with E-state index in [2.05, 4.69) is 18.3 Å². The Morgan fingerprint density at radius 2 is 1.92 bits per heavy atom. The van der Waals surface area contributed by atoms with E-state index in [-0.39, 0.29) is 12.4 Å². The van der Waals surface area contributed by atoms with Crippen molar-refractivity contribution in [3.8, 4) is 5.75 Å². The minimum atomic E-state index is -0.340. The van der Waals surface area contributed by atoms with Crippen molar-refractivity contribution in [1.29, 1.82) is 0 Å². The summed E-state index contributed by atoms with van der Waals surface area (Å²) >= 11 is 6.02. The van der Waals surface area contributed by atoms with Crippen molar-refractivity contribution in [3.63, 3.8) is 0 Å². The van der Waals surface area contributed by atoms with E-state index < -0.39 is 0 Å². The van der Waals surface area contributed by atoms with E-state index in [1.165, 1.54) is 31.7 Å². The molecule has 0 saturated heterocycles. The topological polar surface area (TPSA) is 21.3 Å². The molecule has 0 heterocycles. The molecule has 0 bridgehead atoms. The van der Waals surface area contributed by atoms with Crippen LogP contribution in [0.5, 0.6) is 5.75 Å². The number of unbranched alkanes of at least 4 members (excludes halogenated alkanes) is 3. The molecule has 24 heavy (non-hydrogen) atoms. The Morgan fingerprint density at radius 3 is 2.71 bits per heavy atom. The van der Waals surface area contributed by atoms with Crippen LogP contribution in [0.1, 0.15) is 43.7 Å². The van der Waals surface area contributed by atoms with E-state index in [9.17, 15) is 4.39 Å². The molecule has 2 aromatic rings. The summed E-state index contributed by atoms with van der Waals surface area (Å²) in [7, 11) is 0. The lowest BCUT2D eigenvalue weighted by molar-refractivity contribution is 0.299. The fourth-order valence-corrected chi connectivity index (χ4v) is 2.70. The quantitative estimate of drug-likeness (QED) is 0.553. The molecular formula is C20H25ClFNO. The Labute approximate surface area is 149 Å². The van der Waals surface area contributed by atoms with Crippen molar-refractivity contribution in [2.45, 2.75) is 45.8 Å². The molecule has 0 aliphatic heterocycles. The summed E-state index contributed by atoms with van der Waals surface area (Å²) in [6.07, 6.45) is 5.03. The number of hydrogen-bond acceptors (Lipinski definition) is 2. The Kier molecular flexibility index (Phi) is 8.06. The molecule has 0 spiro atoms. The van der Waals surface area contributed by atoms with Gasteiger partial charge in [-0.15, -0.1) is 0 Å². The summed E-state index contributed by atoms with van der Waals surface area (Å²) in [6, 6.07) is 12.5. The Hall–Kier alpha value is -1.58. The van der Waals surface area contributed by atoms with Crippen LogP contribution in [0.3, 0.4) is 0 Å². The fourth-order valence-electron chi connectivity index (χ4n) is 2.48. The summed E-state index contributed by atoms with van der Waals surface area (Å²) in [5.41, 5.74) is 1.54. The van der Waals surface area contributed by atoms with Crippen molar-refractivity contribution in [3.05, 3.63) is 64.4 Å². The predicted molar refractivity (Wildman–Crippen MR) is 98.0 cm³/mol. The number of rotatable bonds is 10. The second-order valence-electron chi connectivity index (χ2n) is 5.87. The highest BCUT2D eigenvalue weighted by atomic mass is 35.5. The molecular weight excluding hydrogens is 325 g/mol. The molecule has 130 valence electrons. The van der Waals surface area contributed by atoms with Gasteiger partial charge in [0.25, 0.3) is 0 Å². The monoisotopic (exact) mass is 349 g/mol. The van der Waals surface area contributed by atoms with E-state index in [1.54, 1.807) is 12.1 Å². The summed E-state index contributed by atoms with van der Waals surface area (Å²) in [5.74, 6) is 0.381. The largest absolute Gasteiger partial charge is 0.489 e. The molecule has 2 rings (SSSR count). The first-order valence-electron chi connectivity index (χ1n) is 8.56. The molecule has 0 radical (unpaired) electrons. The lowest BCUT2D eigenvalue weighted by Crippen LogP contribution is -2.14. The third-order valence-electron chi connectivity index (χ3n) is 3.88. The third kappa shape index (κ3) is 6.14. The Morgan fingerprint density at radius 1 is 1.08 bits per heavy atom. The molecule has 0 amide bonds. The molecule has 4 heteroatoms. The highest BCUT2D eigenvalue weighted by Gasteiger charge is 2.07. The zero-order valence-electron chi connectivity index (χ0n) is 14.2. The van der Waals surface area contributed by atoms with Crippen LogP contribution in [0.15, 0.2) is 42.5 Å². The van der Waals surface area contributed by atoms with E-state index >= 15 is 0 Å². The van der Waals surface area contributed by atoms with Crippen LogP contribution in [0, 0.1) is 5.82 Å². The summed E-state index contributed by atoms with van der Waals surface area (Å²) in [5, 5.41) is 3.83. The van der Waals surface area contributed by atoms with Crippen molar-refractivity contribution >= 4 is 11.6 Å². The van der Waals surface area contributed by atoms with E-state index in [4.69, 9.17) is 16.3 Å². The molecule has 0 atom stereocenters. The molecule has 2 aromatic carbocycles. The summed E-state index contributed by atoms with van der Waals surface area (Å²) < 4.78 is 19.5. The molecule has 0 unspecified atom stereocenters. The second-order valence-corrected chi connectivity index (χ2v) is 6.28. The van der Waals surface area contributed by atoms with Gasteiger partial charge in [0.2, 0.25) is 0 Å². The molecule has 0 saturated carbocycles. The van der Waals surface area contributed by atoms with Gasteiger partial charge in [-0.05, 0) is 42.8 Å². The van der Waals surface area contributed by atoms with Gasteiger partial charge in [-0.25, -0.2) is 4.39 Å². The molecule has 1 N–H and O–H groups in total. The maximum Gasteiger partial charge on any atom is 0.131 e. The van der Waals surface area contributed by atoms with Gasteiger partial charge in [-0.3, -0.25) is 0 Å². The van der Waals surface area contributed by atoms with Crippen LogP contribution in [-0.4, -0.2) is 6.54 Å². The minimum Gasteiger partial charge on any atom is -0.489 e. The average Bonchev–Trinajstić information content (AvgIpc) is 2.58. The normalized spacial score (nSPS) is 10.8. The van der Waals surface area contributed by atoms with E-state index in [0.29, 0.717) is 10.6 Å². The van der Waals surface area contributed by atoms with Crippen molar-refractivity contribution in [2.24, 2.45) is 0 Å². The van der Waals surface area contributed by atoms with Crippen LogP contribution in [0.4, 0.5) is 4.39 Å². The molecule has 0 aliphatic carbocycles. The van der Waals surface area contributed by atoms with Gasteiger partial charge in [0.15, 0.2) is 0 Å². The van der Waals surface area contributed by atoms with E-state index in [0.717, 1.165) is 24.4 Å². The SMILES string of the molecule is CCCCCCNCc1cccc(OCc2c(F)cccc2Cl)c1. The maximum atomic E-state index is 13.8. The van der Waals surface area contributed by atoms with Gasteiger partial charge in [0.05, 0.1) is 5.02 Å². The minimum absolute atomic E-state index is 0.124. The van der Waals surface area contributed by atoms with Gasteiger partial charge < -0.3 is 10.1 Å². The first-order chi connectivity index (χ1) is 11.7. The van der Waals surface area contributed by atoms with Crippen molar-refractivity contribution < 1.29 is 9.13 Å². The first-order valence-corrected chi connectivity index (χ1v) is 8.94. The number of hydrogen-bond donors (Lipinski definition) is 1. The van der Waals surface area contributed by atoms with Crippen LogP contribution in [0.2, 0.25) is 5.02 Å². The number of benzene rings is 2. The predicted octanol–water partition coefficient (Wildman–Crippen LogP) is 5.73. The van der Waals surface area contributed by atoms with E-state index in [1.807, 2.05) is 18.2 Å². The summed E-state index contributed by atoms with van der Waals surface area (Å²) in [6.45, 7) is 4.17. The Balaban J connectivity index is 1.82. The Bertz CT molecular complexity index is 613. The lowest BCUT2D eigenvalue weighted by atomic mass is 10.2. The number of halogens is 2. The van der Waals surface area contributed by atoms with Gasteiger partial charge >= 0.3 is 0 Å². The van der Waals surface area contributed by atoms with Crippen LogP contribution in [0.25, 0.3) is 0 Å². The third-order valence-corrected chi connectivity index (χ3v) is 4.23. The average molecular weight is 350 g/mol. The van der Waals surface area contributed by atoms with Crippen LogP contribution in [-0.2, 0) is 13.2 Å². The summed E-state index contributed by atoms with van der Waals surface area (Å²) in [4.78, 5) is 0. The van der Waals surface area contributed by atoms with Crippen molar-refractivity contribution in [1.82, 2.24) is 5.32 Å². The van der Waals surface area contributed by atoms with Gasteiger partial charge in [0.1, 0.15) is 18.2 Å². The fraction of sp³-hybridized carbons (Fsp3) is 0.400. The lowest BCUT2D eigenvalue weighted by Gasteiger charge is -2.10. The molecule has 0 fully saturated rings. The standard InChI is InChI=1S/C20H25ClFNO/c1-2-3-4-5-12-23-14-16-8-6-9-17(13-16)24-15-18-19(21)10-7-11-20(18)22/h6-11,13,23H,2-5,12,14-15H2,1H3. The smallest absolute Gasteiger partial charge is 0.131 e. The van der Waals surface area contributed by atoms with Crippen LogP contribution < -0.4 is 10.1 Å². The zero-order valence-corrected chi connectivity index (χ0v) is 14.9. The highest BCUT2D eigenvalue weighted by molar-refractivity contribution is 6.31. The number of ether oxygens (including phenoxy) is 1. The van der Waals surface area contributed by atoms with Crippen LogP contribution >= 0.6 is 11.6 Å². The second kappa shape index (κ2) is 10.3. The molecule has 0 aromatic heterocycles. The first kappa shape index (κ1) is 18.8. The van der Waals surface area contributed by atoms with Gasteiger partial charge in [-0.1, -0.05) is 56.0 Å². The van der Waals surface area contributed by atoms with Gasteiger partial charge in [-0.2, -0.15) is 0 Å². The van der Waals surface area contributed by atoms with Crippen molar-refractivity contribution in [2.75, 3.05) is 6.54 Å².